The van der Waals surface area contributed by atoms with Crippen molar-refractivity contribution in [3.63, 3.8) is 0 Å². The summed E-state index contributed by atoms with van der Waals surface area (Å²) in [5.41, 5.74) is 0.983. The molecule has 0 aromatic heterocycles. The van der Waals surface area contributed by atoms with Crippen molar-refractivity contribution in [2.24, 2.45) is 0 Å². The van der Waals surface area contributed by atoms with Crippen LogP contribution in [0.4, 0.5) is 0 Å². The van der Waals surface area contributed by atoms with Crippen molar-refractivity contribution < 1.29 is 19.1 Å². The number of nitrogens with zero attached hydrogens (tertiary/aromatic N) is 1. The molecule has 0 N–H and O–H groups in total. The second-order valence-corrected chi connectivity index (χ2v) is 7.61. The molecule has 0 bridgehead atoms. The van der Waals surface area contributed by atoms with Crippen molar-refractivity contribution in [2.45, 2.75) is 43.6 Å². The molecule has 1 aliphatic heterocycles. The summed E-state index contributed by atoms with van der Waals surface area (Å²) in [6.07, 6.45) is 7.32. The molecule has 1 aromatic carbocycles. The number of carbonyl (C=O) groups excluding carboxylic acids is 2. The highest BCUT2D eigenvalue weighted by Gasteiger charge is 2.40. The lowest BCUT2D eigenvalue weighted by atomic mass is 9.69. The normalized spacial score (nSPS) is 24.8. The smallest absolute Gasteiger partial charge is 0.257 e. The molecule has 0 unspecified atom stereocenters. The first kappa shape index (κ1) is 20.3. The first-order valence-corrected chi connectivity index (χ1v) is 9.86. The van der Waals surface area contributed by atoms with Crippen LogP contribution in [-0.4, -0.2) is 50.0 Å². The van der Waals surface area contributed by atoms with Crippen molar-refractivity contribution in [1.82, 2.24) is 4.90 Å². The van der Waals surface area contributed by atoms with Crippen LogP contribution in [0.3, 0.4) is 0 Å². The van der Waals surface area contributed by atoms with Crippen molar-refractivity contribution in [1.29, 1.82) is 0 Å². The van der Waals surface area contributed by atoms with E-state index in [1.165, 1.54) is 0 Å². The molecule has 150 valence electrons. The number of rotatable bonds is 7. The Morgan fingerprint density at radius 1 is 1.32 bits per heavy atom. The van der Waals surface area contributed by atoms with E-state index < -0.39 is 5.41 Å². The number of allylic oxidation sites excluding steroid dienone is 2. The number of Topliss-reactive ketones (excluding diaryl/α,β-unsaturated/α-hetero) is 1. The lowest BCUT2D eigenvalue weighted by Gasteiger charge is -2.35. The van der Waals surface area contributed by atoms with Crippen molar-refractivity contribution >= 4 is 11.7 Å². The van der Waals surface area contributed by atoms with Gasteiger partial charge in [0.2, 0.25) is 0 Å². The Kier molecular flexibility index (Phi) is 6.35. The maximum Gasteiger partial charge on any atom is 0.257 e. The predicted octanol–water partition coefficient (Wildman–Crippen LogP) is 3.44. The molecule has 5 nitrogen and oxygen atoms in total. The number of carbonyl (C=O) groups is 2. The molecule has 1 amide bonds. The molecule has 1 aliphatic carbocycles. The molecule has 0 saturated carbocycles. The van der Waals surface area contributed by atoms with E-state index in [2.05, 4.69) is 6.58 Å². The van der Waals surface area contributed by atoms with Crippen LogP contribution in [-0.2, 0) is 19.7 Å². The molecule has 5 heteroatoms. The van der Waals surface area contributed by atoms with Crippen LogP contribution in [0.1, 0.15) is 37.7 Å². The van der Waals surface area contributed by atoms with Crippen LogP contribution in [0.2, 0.25) is 0 Å². The van der Waals surface area contributed by atoms with Crippen LogP contribution < -0.4 is 4.74 Å². The number of likely N-dealkylation sites (tertiary alicyclic amines) is 1. The zero-order valence-corrected chi connectivity index (χ0v) is 16.8. The molecule has 1 fully saturated rings. The first-order chi connectivity index (χ1) is 13.5. The highest BCUT2D eigenvalue weighted by Crippen LogP contribution is 2.41. The van der Waals surface area contributed by atoms with E-state index in [1.54, 1.807) is 14.2 Å². The Bertz CT molecular complexity index is 767. The number of benzene rings is 1. The van der Waals surface area contributed by atoms with Gasteiger partial charge in [-0.05, 0) is 43.4 Å². The quantitative estimate of drug-likeness (QED) is 0.535. The highest BCUT2D eigenvalue weighted by molar-refractivity contribution is 6.20. The van der Waals surface area contributed by atoms with E-state index in [0.29, 0.717) is 38.0 Å². The van der Waals surface area contributed by atoms with Gasteiger partial charge in [-0.25, -0.2) is 0 Å². The lowest BCUT2D eigenvalue weighted by Crippen LogP contribution is -2.42. The van der Waals surface area contributed by atoms with Gasteiger partial charge in [-0.2, -0.15) is 0 Å². The van der Waals surface area contributed by atoms with Crippen LogP contribution in [0.15, 0.2) is 48.6 Å². The van der Waals surface area contributed by atoms with Gasteiger partial charge in [-0.3, -0.25) is 9.59 Å². The summed E-state index contributed by atoms with van der Waals surface area (Å²) < 4.78 is 10.5. The minimum atomic E-state index is -0.399. The molecule has 1 heterocycles. The molecular weight excluding hydrogens is 354 g/mol. The second-order valence-electron chi connectivity index (χ2n) is 7.61. The van der Waals surface area contributed by atoms with E-state index in [-0.39, 0.29) is 17.7 Å². The first-order valence-electron chi connectivity index (χ1n) is 9.86. The van der Waals surface area contributed by atoms with Gasteiger partial charge in [0, 0.05) is 25.5 Å². The fourth-order valence-corrected chi connectivity index (χ4v) is 4.39. The summed E-state index contributed by atoms with van der Waals surface area (Å²) in [6, 6.07) is 7.91. The lowest BCUT2D eigenvalue weighted by molar-refractivity contribution is -0.131. The molecule has 1 aromatic rings. The highest BCUT2D eigenvalue weighted by atomic mass is 16.5. The molecular formula is C23H29NO4. The van der Waals surface area contributed by atoms with Crippen LogP contribution >= 0.6 is 0 Å². The van der Waals surface area contributed by atoms with E-state index in [1.807, 2.05) is 41.3 Å². The largest absolute Gasteiger partial charge is 0.497 e. The second kappa shape index (κ2) is 8.74. The summed E-state index contributed by atoms with van der Waals surface area (Å²) in [5, 5.41) is 0. The van der Waals surface area contributed by atoms with Gasteiger partial charge < -0.3 is 14.4 Å². The average Bonchev–Trinajstić information content (AvgIpc) is 3.18. The van der Waals surface area contributed by atoms with Crippen LogP contribution in [0.5, 0.6) is 5.75 Å². The van der Waals surface area contributed by atoms with Crippen molar-refractivity contribution in [2.75, 3.05) is 27.4 Å². The fourth-order valence-electron chi connectivity index (χ4n) is 4.39. The Labute approximate surface area is 167 Å². The van der Waals surface area contributed by atoms with Crippen molar-refractivity contribution in [3.8, 4) is 5.75 Å². The molecule has 28 heavy (non-hydrogen) atoms. The Morgan fingerprint density at radius 2 is 2.07 bits per heavy atom. The molecule has 0 spiro atoms. The van der Waals surface area contributed by atoms with Gasteiger partial charge in [0.1, 0.15) is 5.75 Å². The van der Waals surface area contributed by atoms with Gasteiger partial charge in [0.15, 0.2) is 5.78 Å². The van der Waals surface area contributed by atoms with Gasteiger partial charge in [0.25, 0.3) is 5.91 Å². The number of ketones is 1. The number of hydrogen-bond donors (Lipinski definition) is 0. The Hall–Kier alpha value is -2.40. The molecule has 2 atom stereocenters. The third-order valence-electron chi connectivity index (χ3n) is 5.92. The maximum absolute atomic E-state index is 13.3. The predicted molar refractivity (Wildman–Crippen MR) is 108 cm³/mol. The Morgan fingerprint density at radius 3 is 2.71 bits per heavy atom. The molecule has 2 aliphatic rings. The Balaban J connectivity index is 1.97. The number of ether oxygens (including phenoxy) is 2. The van der Waals surface area contributed by atoms with Gasteiger partial charge in [-0.1, -0.05) is 24.3 Å². The van der Waals surface area contributed by atoms with Crippen LogP contribution in [0.25, 0.3) is 0 Å². The SMILES string of the molecule is C=CC[C@]1(c2ccc(OC)cc2)C=C(C(=O)N2CCC[C@H]2COC)C(=O)CC1. The van der Waals surface area contributed by atoms with Gasteiger partial charge in [0.05, 0.1) is 25.3 Å². The van der Waals surface area contributed by atoms with Crippen molar-refractivity contribution in [3.05, 3.63) is 54.1 Å². The third-order valence-corrected chi connectivity index (χ3v) is 5.92. The topological polar surface area (TPSA) is 55.8 Å². The third kappa shape index (κ3) is 3.90. The molecule has 3 rings (SSSR count). The van der Waals surface area contributed by atoms with Gasteiger partial charge >= 0.3 is 0 Å². The number of methoxy groups -OCH3 is 2. The van der Waals surface area contributed by atoms with E-state index in [0.717, 1.165) is 24.2 Å². The summed E-state index contributed by atoms with van der Waals surface area (Å²) >= 11 is 0. The number of amides is 1. The van der Waals surface area contributed by atoms with Crippen LogP contribution in [0, 0.1) is 0 Å². The standard InChI is InChI=1S/C23H29NO4/c1-4-12-23(17-7-9-19(28-3)10-8-17)13-11-21(25)20(15-23)22(26)24-14-5-6-18(24)16-27-2/h4,7-10,15,18H,1,5-6,11-14,16H2,2-3H3/t18-,23+/m0/s1. The summed E-state index contributed by atoms with van der Waals surface area (Å²) in [7, 11) is 3.28. The number of hydrogen-bond acceptors (Lipinski definition) is 4. The summed E-state index contributed by atoms with van der Waals surface area (Å²) in [6.45, 7) is 5.09. The maximum atomic E-state index is 13.3. The monoisotopic (exact) mass is 383 g/mol. The van der Waals surface area contributed by atoms with E-state index >= 15 is 0 Å². The van der Waals surface area contributed by atoms with E-state index in [4.69, 9.17) is 9.47 Å². The fraction of sp³-hybridized carbons (Fsp3) is 0.478. The zero-order chi connectivity index (χ0) is 20.1. The minimum absolute atomic E-state index is 0.0444. The molecule has 1 saturated heterocycles. The zero-order valence-electron chi connectivity index (χ0n) is 16.8. The molecule has 0 radical (unpaired) electrons. The summed E-state index contributed by atoms with van der Waals surface area (Å²) in [5.74, 6) is 0.552. The van der Waals surface area contributed by atoms with E-state index in [9.17, 15) is 9.59 Å². The summed E-state index contributed by atoms with van der Waals surface area (Å²) in [4.78, 5) is 27.8. The van der Waals surface area contributed by atoms with Gasteiger partial charge in [-0.15, -0.1) is 6.58 Å². The minimum Gasteiger partial charge on any atom is -0.497 e. The average molecular weight is 383 g/mol.